The highest BCUT2D eigenvalue weighted by atomic mass is 16.3. The molecule has 1 unspecified atom stereocenters. The van der Waals surface area contributed by atoms with Crippen LogP contribution in [0.2, 0.25) is 0 Å². The SMILES string of the molecule is CC(CNC1(CO)CCCC1)c1ccccc1. The van der Waals surface area contributed by atoms with Crippen LogP contribution in [0.3, 0.4) is 0 Å². The smallest absolute Gasteiger partial charge is 0.0613 e. The summed E-state index contributed by atoms with van der Waals surface area (Å²) in [6, 6.07) is 10.6. The van der Waals surface area contributed by atoms with E-state index < -0.39 is 0 Å². The fourth-order valence-corrected chi connectivity index (χ4v) is 2.71. The molecule has 2 N–H and O–H groups in total. The molecule has 1 aliphatic carbocycles. The Morgan fingerprint density at radius 1 is 1.24 bits per heavy atom. The highest BCUT2D eigenvalue weighted by Gasteiger charge is 2.32. The summed E-state index contributed by atoms with van der Waals surface area (Å²) in [6.07, 6.45) is 4.72. The summed E-state index contributed by atoms with van der Waals surface area (Å²) in [5, 5.41) is 13.1. The van der Waals surface area contributed by atoms with Gasteiger partial charge >= 0.3 is 0 Å². The molecule has 0 saturated heterocycles. The zero-order valence-electron chi connectivity index (χ0n) is 10.7. The molecule has 1 aromatic rings. The summed E-state index contributed by atoms with van der Waals surface area (Å²) in [6.45, 7) is 3.46. The second-order valence-electron chi connectivity index (χ2n) is 5.34. The van der Waals surface area contributed by atoms with E-state index in [9.17, 15) is 5.11 Å². The molecule has 0 aromatic heterocycles. The van der Waals surface area contributed by atoms with Gasteiger partial charge in [-0.1, -0.05) is 50.1 Å². The zero-order chi connectivity index (χ0) is 12.1. The lowest BCUT2D eigenvalue weighted by Gasteiger charge is -2.29. The molecule has 1 aliphatic rings. The number of benzene rings is 1. The Hall–Kier alpha value is -0.860. The van der Waals surface area contributed by atoms with Gasteiger partial charge in [0, 0.05) is 12.1 Å². The summed E-state index contributed by atoms with van der Waals surface area (Å²) >= 11 is 0. The Kier molecular flexibility index (Phi) is 4.19. The number of aliphatic hydroxyl groups is 1. The van der Waals surface area contributed by atoms with E-state index in [-0.39, 0.29) is 12.1 Å². The van der Waals surface area contributed by atoms with Crippen LogP contribution in [-0.2, 0) is 0 Å². The van der Waals surface area contributed by atoms with Gasteiger partial charge in [-0.25, -0.2) is 0 Å². The first kappa shape index (κ1) is 12.6. The van der Waals surface area contributed by atoms with E-state index in [0.717, 1.165) is 19.4 Å². The predicted octanol–water partition coefficient (Wildman–Crippen LogP) is 2.68. The van der Waals surface area contributed by atoms with Crippen LogP contribution in [0.25, 0.3) is 0 Å². The Bertz CT molecular complexity index is 330. The van der Waals surface area contributed by atoms with Crippen molar-refractivity contribution in [3.8, 4) is 0 Å². The highest BCUT2D eigenvalue weighted by Crippen LogP contribution is 2.29. The van der Waals surface area contributed by atoms with E-state index in [0.29, 0.717) is 5.92 Å². The Morgan fingerprint density at radius 2 is 1.88 bits per heavy atom. The van der Waals surface area contributed by atoms with Crippen LogP contribution in [0, 0.1) is 0 Å². The standard InChI is InChI=1S/C15H23NO/c1-13(14-7-3-2-4-8-14)11-16-15(12-17)9-5-6-10-15/h2-4,7-8,13,16-17H,5-6,9-12H2,1H3. The van der Waals surface area contributed by atoms with Crippen molar-refractivity contribution in [1.29, 1.82) is 0 Å². The van der Waals surface area contributed by atoms with Gasteiger partial charge in [-0.05, 0) is 24.3 Å². The molecule has 0 aliphatic heterocycles. The molecule has 0 spiro atoms. The molecule has 0 bridgehead atoms. The lowest BCUT2D eigenvalue weighted by molar-refractivity contribution is 0.163. The molecular formula is C15H23NO. The molecule has 1 atom stereocenters. The van der Waals surface area contributed by atoms with E-state index in [2.05, 4.69) is 42.6 Å². The van der Waals surface area contributed by atoms with Gasteiger partial charge in [-0.15, -0.1) is 0 Å². The fourth-order valence-electron chi connectivity index (χ4n) is 2.71. The van der Waals surface area contributed by atoms with Crippen molar-refractivity contribution < 1.29 is 5.11 Å². The van der Waals surface area contributed by atoms with Gasteiger partial charge in [-0.2, -0.15) is 0 Å². The molecule has 2 nitrogen and oxygen atoms in total. The Balaban J connectivity index is 1.89. The van der Waals surface area contributed by atoms with Gasteiger partial charge in [0.1, 0.15) is 0 Å². The predicted molar refractivity (Wildman–Crippen MR) is 71.1 cm³/mol. The van der Waals surface area contributed by atoms with Crippen LogP contribution in [0.15, 0.2) is 30.3 Å². The molecule has 1 fully saturated rings. The van der Waals surface area contributed by atoms with Crippen LogP contribution in [0.4, 0.5) is 0 Å². The third-order valence-electron chi connectivity index (χ3n) is 4.02. The summed E-state index contributed by atoms with van der Waals surface area (Å²) in [7, 11) is 0. The number of hydrogen-bond acceptors (Lipinski definition) is 2. The molecule has 1 aromatic carbocycles. The number of aliphatic hydroxyl groups excluding tert-OH is 1. The van der Waals surface area contributed by atoms with Gasteiger partial charge in [-0.3, -0.25) is 0 Å². The van der Waals surface area contributed by atoms with E-state index in [1.165, 1.54) is 18.4 Å². The van der Waals surface area contributed by atoms with Crippen molar-refractivity contribution >= 4 is 0 Å². The van der Waals surface area contributed by atoms with Crippen molar-refractivity contribution in [3.05, 3.63) is 35.9 Å². The van der Waals surface area contributed by atoms with Crippen LogP contribution in [-0.4, -0.2) is 23.8 Å². The van der Waals surface area contributed by atoms with E-state index in [4.69, 9.17) is 0 Å². The summed E-state index contributed by atoms with van der Waals surface area (Å²) in [5.41, 5.74) is 1.37. The van der Waals surface area contributed by atoms with Gasteiger partial charge < -0.3 is 10.4 Å². The number of hydrogen-bond donors (Lipinski definition) is 2. The zero-order valence-corrected chi connectivity index (χ0v) is 10.7. The van der Waals surface area contributed by atoms with Crippen LogP contribution < -0.4 is 5.32 Å². The molecule has 1 saturated carbocycles. The molecule has 2 rings (SSSR count). The molecule has 0 heterocycles. The Morgan fingerprint density at radius 3 is 2.47 bits per heavy atom. The summed E-state index contributed by atoms with van der Waals surface area (Å²) in [5.74, 6) is 0.500. The van der Waals surface area contributed by atoms with Gasteiger partial charge in [0.15, 0.2) is 0 Å². The highest BCUT2D eigenvalue weighted by molar-refractivity contribution is 5.19. The van der Waals surface area contributed by atoms with Crippen LogP contribution in [0.5, 0.6) is 0 Å². The summed E-state index contributed by atoms with van der Waals surface area (Å²) in [4.78, 5) is 0. The number of nitrogens with one attached hydrogen (secondary N) is 1. The normalized spacial score (nSPS) is 20.4. The molecular weight excluding hydrogens is 210 g/mol. The lowest BCUT2D eigenvalue weighted by atomic mass is 9.95. The van der Waals surface area contributed by atoms with Crippen LogP contribution in [0.1, 0.15) is 44.1 Å². The minimum absolute atomic E-state index is 0.00302. The van der Waals surface area contributed by atoms with Crippen molar-refractivity contribution in [2.24, 2.45) is 0 Å². The van der Waals surface area contributed by atoms with Gasteiger partial charge in [0.25, 0.3) is 0 Å². The first-order chi connectivity index (χ1) is 8.26. The molecule has 0 radical (unpaired) electrons. The quantitative estimate of drug-likeness (QED) is 0.819. The number of rotatable bonds is 5. The first-order valence-electron chi connectivity index (χ1n) is 6.67. The maximum absolute atomic E-state index is 9.54. The lowest BCUT2D eigenvalue weighted by Crippen LogP contribution is -2.47. The van der Waals surface area contributed by atoms with Gasteiger partial charge in [0.05, 0.1) is 6.61 Å². The van der Waals surface area contributed by atoms with Crippen molar-refractivity contribution in [2.75, 3.05) is 13.2 Å². The van der Waals surface area contributed by atoms with Crippen molar-refractivity contribution in [1.82, 2.24) is 5.32 Å². The maximum atomic E-state index is 9.54. The minimum Gasteiger partial charge on any atom is -0.394 e. The monoisotopic (exact) mass is 233 g/mol. The maximum Gasteiger partial charge on any atom is 0.0613 e. The summed E-state index contributed by atoms with van der Waals surface area (Å²) < 4.78 is 0. The van der Waals surface area contributed by atoms with Crippen LogP contribution >= 0.6 is 0 Å². The second-order valence-corrected chi connectivity index (χ2v) is 5.34. The molecule has 94 valence electrons. The van der Waals surface area contributed by atoms with E-state index in [1.54, 1.807) is 0 Å². The third kappa shape index (κ3) is 3.08. The average molecular weight is 233 g/mol. The van der Waals surface area contributed by atoms with Crippen molar-refractivity contribution in [3.63, 3.8) is 0 Å². The fraction of sp³-hybridized carbons (Fsp3) is 0.600. The molecule has 2 heteroatoms. The van der Waals surface area contributed by atoms with Crippen molar-refractivity contribution in [2.45, 2.75) is 44.1 Å². The topological polar surface area (TPSA) is 32.3 Å². The minimum atomic E-state index is 0.00302. The second kappa shape index (κ2) is 5.65. The van der Waals surface area contributed by atoms with E-state index in [1.807, 2.05) is 0 Å². The Labute approximate surface area is 104 Å². The largest absolute Gasteiger partial charge is 0.394 e. The average Bonchev–Trinajstić information content (AvgIpc) is 2.86. The van der Waals surface area contributed by atoms with Gasteiger partial charge in [0.2, 0.25) is 0 Å². The molecule has 0 amide bonds. The molecule has 17 heavy (non-hydrogen) atoms. The van der Waals surface area contributed by atoms with E-state index >= 15 is 0 Å². The first-order valence-corrected chi connectivity index (χ1v) is 6.67. The third-order valence-corrected chi connectivity index (χ3v) is 4.02.